The van der Waals surface area contributed by atoms with E-state index in [-0.39, 0.29) is 17.7 Å². The molecule has 29 heavy (non-hydrogen) atoms. The van der Waals surface area contributed by atoms with Gasteiger partial charge in [-0.05, 0) is 30.5 Å². The van der Waals surface area contributed by atoms with Gasteiger partial charge in [0, 0.05) is 39.6 Å². The number of amides is 2. The van der Waals surface area contributed by atoms with Crippen LogP contribution in [0.25, 0.3) is 0 Å². The Balaban J connectivity index is 1.51. The van der Waals surface area contributed by atoms with E-state index in [4.69, 9.17) is 4.74 Å². The molecule has 154 valence electrons. The summed E-state index contributed by atoms with van der Waals surface area (Å²) in [5, 5.41) is 3.02. The van der Waals surface area contributed by atoms with Crippen molar-refractivity contribution in [3.05, 3.63) is 47.9 Å². The quantitative estimate of drug-likeness (QED) is 0.799. The first-order chi connectivity index (χ1) is 14.0. The summed E-state index contributed by atoms with van der Waals surface area (Å²) in [5.41, 5.74) is 1.36. The van der Waals surface area contributed by atoms with Crippen LogP contribution in [0.3, 0.4) is 0 Å². The number of benzene rings is 1. The number of aromatic nitrogens is 2. The highest BCUT2D eigenvalue weighted by atomic mass is 16.5. The molecule has 1 aliphatic rings. The predicted molar refractivity (Wildman–Crippen MR) is 110 cm³/mol. The molecule has 0 atom stereocenters. The molecule has 8 nitrogen and oxygen atoms in total. The van der Waals surface area contributed by atoms with Crippen molar-refractivity contribution >= 4 is 17.6 Å². The molecule has 1 saturated heterocycles. The second-order valence-electron chi connectivity index (χ2n) is 7.29. The molecule has 0 aliphatic carbocycles. The second-order valence-corrected chi connectivity index (χ2v) is 7.29. The van der Waals surface area contributed by atoms with E-state index in [9.17, 15) is 9.59 Å². The van der Waals surface area contributed by atoms with Gasteiger partial charge in [-0.2, -0.15) is 0 Å². The van der Waals surface area contributed by atoms with Crippen LogP contribution in [0.2, 0.25) is 0 Å². The number of hydrogen-bond acceptors (Lipinski definition) is 6. The molecule has 0 unspecified atom stereocenters. The lowest BCUT2D eigenvalue weighted by Gasteiger charge is -2.32. The molecule has 2 aromatic rings. The van der Waals surface area contributed by atoms with Crippen LogP contribution in [0.4, 0.5) is 5.82 Å². The first kappa shape index (κ1) is 20.6. The van der Waals surface area contributed by atoms with Crippen LogP contribution in [0.1, 0.15) is 28.9 Å². The number of piperidine rings is 1. The zero-order chi connectivity index (χ0) is 20.8. The summed E-state index contributed by atoms with van der Waals surface area (Å²) in [4.78, 5) is 36.8. The fourth-order valence-corrected chi connectivity index (χ4v) is 3.29. The van der Waals surface area contributed by atoms with Gasteiger partial charge >= 0.3 is 0 Å². The first-order valence-corrected chi connectivity index (χ1v) is 9.67. The Morgan fingerprint density at radius 1 is 1.17 bits per heavy atom. The molecule has 1 fully saturated rings. The van der Waals surface area contributed by atoms with Crippen LogP contribution in [0.5, 0.6) is 5.75 Å². The number of carbonyl (C=O) groups is 2. The summed E-state index contributed by atoms with van der Waals surface area (Å²) in [5.74, 6) is 1.35. The highest BCUT2D eigenvalue weighted by Gasteiger charge is 2.26. The summed E-state index contributed by atoms with van der Waals surface area (Å²) in [6.07, 6.45) is 4.62. The third kappa shape index (κ3) is 5.22. The average molecular weight is 397 g/mol. The smallest absolute Gasteiger partial charge is 0.273 e. The largest absolute Gasteiger partial charge is 0.497 e. The van der Waals surface area contributed by atoms with Crippen molar-refractivity contribution in [1.29, 1.82) is 0 Å². The summed E-state index contributed by atoms with van der Waals surface area (Å²) in [7, 11) is 5.00. The van der Waals surface area contributed by atoms with Crippen LogP contribution < -0.4 is 15.0 Å². The van der Waals surface area contributed by atoms with Gasteiger partial charge in [-0.3, -0.25) is 14.6 Å². The maximum Gasteiger partial charge on any atom is 0.273 e. The third-order valence-electron chi connectivity index (χ3n) is 5.06. The topological polar surface area (TPSA) is 87.7 Å². The monoisotopic (exact) mass is 397 g/mol. The lowest BCUT2D eigenvalue weighted by atomic mass is 9.96. The number of rotatable bonds is 6. The molecule has 8 heteroatoms. The molecular formula is C21H27N5O3. The number of nitrogens with one attached hydrogen (secondary N) is 1. The molecule has 0 spiro atoms. The van der Waals surface area contributed by atoms with E-state index in [1.807, 2.05) is 24.3 Å². The molecule has 2 heterocycles. The number of nitrogens with zero attached hydrogens (tertiary/aromatic N) is 4. The van der Waals surface area contributed by atoms with Crippen LogP contribution in [0, 0.1) is 5.92 Å². The Morgan fingerprint density at radius 3 is 2.48 bits per heavy atom. The average Bonchev–Trinajstić information content (AvgIpc) is 2.77. The van der Waals surface area contributed by atoms with Gasteiger partial charge in [0.2, 0.25) is 5.91 Å². The Bertz CT molecular complexity index is 846. The number of carbonyl (C=O) groups excluding carboxylic acids is 2. The molecular weight excluding hydrogens is 370 g/mol. The van der Waals surface area contributed by atoms with E-state index in [1.54, 1.807) is 27.4 Å². The Hall–Kier alpha value is -3.16. The van der Waals surface area contributed by atoms with E-state index < -0.39 is 0 Å². The molecule has 0 radical (unpaired) electrons. The van der Waals surface area contributed by atoms with Gasteiger partial charge in [-0.15, -0.1) is 0 Å². The van der Waals surface area contributed by atoms with Crippen molar-refractivity contribution in [3.8, 4) is 5.75 Å². The van der Waals surface area contributed by atoms with Crippen LogP contribution >= 0.6 is 0 Å². The fraction of sp³-hybridized carbons (Fsp3) is 0.429. The van der Waals surface area contributed by atoms with Gasteiger partial charge in [0.15, 0.2) is 0 Å². The third-order valence-corrected chi connectivity index (χ3v) is 5.06. The molecule has 1 aromatic carbocycles. The van der Waals surface area contributed by atoms with E-state index in [1.165, 1.54) is 11.1 Å². The van der Waals surface area contributed by atoms with Crippen LogP contribution in [-0.4, -0.2) is 61.0 Å². The standard InChI is InChI=1S/C21H27N5O3/c1-25(2)21(28)18-13-22-14-19(24-18)26-10-8-16(9-11-26)20(27)23-12-15-4-6-17(29-3)7-5-15/h4-7,13-14,16H,8-12H2,1-3H3,(H,23,27). The Morgan fingerprint density at radius 2 is 1.86 bits per heavy atom. The molecule has 1 aliphatic heterocycles. The van der Waals surface area contributed by atoms with Crippen molar-refractivity contribution in [2.75, 3.05) is 39.2 Å². The molecule has 1 aromatic heterocycles. The van der Waals surface area contributed by atoms with Crippen molar-refractivity contribution in [2.24, 2.45) is 5.92 Å². The summed E-state index contributed by atoms with van der Waals surface area (Å²) >= 11 is 0. The lowest BCUT2D eigenvalue weighted by Crippen LogP contribution is -2.41. The Labute approximate surface area is 170 Å². The van der Waals surface area contributed by atoms with E-state index >= 15 is 0 Å². The normalized spacial score (nSPS) is 14.4. The van der Waals surface area contributed by atoms with E-state index in [0.717, 1.165) is 24.2 Å². The number of hydrogen-bond donors (Lipinski definition) is 1. The highest BCUT2D eigenvalue weighted by Crippen LogP contribution is 2.22. The minimum absolute atomic E-state index is 0.0240. The molecule has 3 rings (SSSR count). The summed E-state index contributed by atoms with van der Waals surface area (Å²) < 4.78 is 5.15. The number of ether oxygens (including phenoxy) is 1. The van der Waals surface area contributed by atoms with Crippen molar-refractivity contribution in [1.82, 2.24) is 20.2 Å². The van der Waals surface area contributed by atoms with Crippen molar-refractivity contribution in [2.45, 2.75) is 19.4 Å². The van der Waals surface area contributed by atoms with Crippen molar-refractivity contribution < 1.29 is 14.3 Å². The first-order valence-electron chi connectivity index (χ1n) is 9.67. The van der Waals surface area contributed by atoms with E-state index in [2.05, 4.69) is 20.2 Å². The lowest BCUT2D eigenvalue weighted by molar-refractivity contribution is -0.125. The predicted octanol–water partition coefficient (Wildman–Crippen LogP) is 1.72. The highest BCUT2D eigenvalue weighted by molar-refractivity contribution is 5.91. The zero-order valence-electron chi connectivity index (χ0n) is 17.1. The fourth-order valence-electron chi connectivity index (χ4n) is 3.29. The summed E-state index contributed by atoms with van der Waals surface area (Å²) in [6.45, 7) is 1.91. The Kier molecular flexibility index (Phi) is 6.64. The van der Waals surface area contributed by atoms with Gasteiger partial charge in [0.1, 0.15) is 17.3 Å². The van der Waals surface area contributed by atoms with Gasteiger partial charge < -0.3 is 19.9 Å². The molecule has 0 saturated carbocycles. The minimum Gasteiger partial charge on any atom is -0.497 e. The SMILES string of the molecule is COc1ccc(CNC(=O)C2CCN(c3cncc(C(=O)N(C)C)n3)CC2)cc1. The van der Waals surface area contributed by atoms with Crippen molar-refractivity contribution in [3.63, 3.8) is 0 Å². The number of anilines is 1. The van der Waals surface area contributed by atoms with Crippen LogP contribution in [-0.2, 0) is 11.3 Å². The number of methoxy groups -OCH3 is 1. The zero-order valence-corrected chi connectivity index (χ0v) is 17.1. The maximum absolute atomic E-state index is 12.5. The minimum atomic E-state index is -0.174. The molecule has 1 N–H and O–H groups in total. The van der Waals surface area contributed by atoms with Gasteiger partial charge in [0.05, 0.1) is 19.5 Å². The van der Waals surface area contributed by atoms with Gasteiger partial charge in [-0.25, -0.2) is 4.98 Å². The second kappa shape index (κ2) is 9.36. The van der Waals surface area contributed by atoms with Gasteiger partial charge in [0.25, 0.3) is 5.91 Å². The van der Waals surface area contributed by atoms with E-state index in [0.29, 0.717) is 31.1 Å². The van der Waals surface area contributed by atoms with Crippen LogP contribution in [0.15, 0.2) is 36.7 Å². The van der Waals surface area contributed by atoms with Gasteiger partial charge in [-0.1, -0.05) is 12.1 Å². The molecule has 2 amide bonds. The summed E-state index contributed by atoms with van der Waals surface area (Å²) in [6, 6.07) is 7.66. The maximum atomic E-state index is 12.5. The molecule has 0 bridgehead atoms.